The summed E-state index contributed by atoms with van der Waals surface area (Å²) < 4.78 is 5.72. The molecule has 0 aromatic heterocycles. The molecule has 6 nitrogen and oxygen atoms in total. The number of nitrogens with zero attached hydrogens (tertiary/aromatic N) is 2. The Morgan fingerprint density at radius 2 is 1.97 bits per heavy atom. The van der Waals surface area contributed by atoms with Crippen LogP contribution in [-0.2, 0) is 16.1 Å². The van der Waals surface area contributed by atoms with Gasteiger partial charge >= 0.3 is 0 Å². The van der Waals surface area contributed by atoms with Crippen molar-refractivity contribution in [2.45, 2.75) is 58.1 Å². The molecule has 3 rings (SSSR count). The second-order valence-electron chi connectivity index (χ2n) is 8.05. The molecular weight excluding hydrogens is 364 g/mol. The third kappa shape index (κ3) is 7.03. The molecule has 1 saturated carbocycles. The highest BCUT2D eigenvalue weighted by Gasteiger charge is 2.31. The lowest BCUT2D eigenvalue weighted by molar-refractivity contribution is -0.135. The highest BCUT2D eigenvalue weighted by molar-refractivity contribution is 5.81. The minimum absolute atomic E-state index is 0.256. The van der Waals surface area contributed by atoms with E-state index in [0.717, 1.165) is 44.9 Å². The van der Waals surface area contributed by atoms with Crippen molar-refractivity contribution in [1.29, 1.82) is 0 Å². The topological polar surface area (TPSA) is 66.0 Å². The lowest BCUT2D eigenvalue weighted by atomic mass is 9.88. The fraction of sp³-hybridized carbons (Fsp3) is 0.652. The lowest BCUT2D eigenvalue weighted by Gasteiger charge is -2.26. The second kappa shape index (κ2) is 11.8. The zero-order valence-corrected chi connectivity index (χ0v) is 17.7. The summed E-state index contributed by atoms with van der Waals surface area (Å²) in [6.45, 7) is 6.32. The van der Waals surface area contributed by atoms with Crippen LogP contribution in [0.4, 0.5) is 0 Å². The molecule has 0 radical (unpaired) electrons. The number of carbonyl (C=O) groups is 1. The fourth-order valence-electron chi connectivity index (χ4n) is 4.19. The SMILES string of the molecule is CCNC(=NCCOCc1ccccc1)NC1CCN(C(=O)C2CCCCC2)C1. The maximum atomic E-state index is 12.8. The highest BCUT2D eigenvalue weighted by atomic mass is 16.5. The summed E-state index contributed by atoms with van der Waals surface area (Å²) in [5, 5.41) is 6.81. The molecule has 160 valence electrons. The predicted octanol–water partition coefficient (Wildman–Crippen LogP) is 2.94. The van der Waals surface area contributed by atoms with E-state index in [1.165, 1.54) is 24.8 Å². The molecule has 1 heterocycles. The Morgan fingerprint density at radius 1 is 1.17 bits per heavy atom. The van der Waals surface area contributed by atoms with Gasteiger partial charge in [-0.15, -0.1) is 0 Å². The Labute approximate surface area is 175 Å². The average Bonchev–Trinajstić information content (AvgIpc) is 3.23. The van der Waals surface area contributed by atoms with Crippen molar-refractivity contribution in [3.8, 4) is 0 Å². The van der Waals surface area contributed by atoms with Crippen LogP contribution >= 0.6 is 0 Å². The van der Waals surface area contributed by atoms with Gasteiger partial charge in [-0.25, -0.2) is 0 Å². The molecule has 2 fully saturated rings. The van der Waals surface area contributed by atoms with E-state index in [-0.39, 0.29) is 12.0 Å². The molecule has 29 heavy (non-hydrogen) atoms. The van der Waals surface area contributed by atoms with Gasteiger partial charge in [-0.2, -0.15) is 0 Å². The summed E-state index contributed by atoms with van der Waals surface area (Å²) in [5.74, 6) is 1.43. The van der Waals surface area contributed by atoms with Crippen LogP contribution in [0.3, 0.4) is 0 Å². The van der Waals surface area contributed by atoms with Crippen molar-refractivity contribution in [2.24, 2.45) is 10.9 Å². The van der Waals surface area contributed by atoms with Gasteiger partial charge in [0.2, 0.25) is 5.91 Å². The molecule has 1 saturated heterocycles. The monoisotopic (exact) mass is 400 g/mol. The lowest BCUT2D eigenvalue weighted by Crippen LogP contribution is -2.45. The molecule has 1 aromatic rings. The van der Waals surface area contributed by atoms with Crippen LogP contribution in [0.2, 0.25) is 0 Å². The molecule has 0 bridgehead atoms. The highest BCUT2D eigenvalue weighted by Crippen LogP contribution is 2.26. The summed E-state index contributed by atoms with van der Waals surface area (Å²) in [4.78, 5) is 19.4. The number of likely N-dealkylation sites (tertiary alicyclic amines) is 1. The summed E-state index contributed by atoms with van der Waals surface area (Å²) in [7, 11) is 0. The van der Waals surface area contributed by atoms with Crippen molar-refractivity contribution in [1.82, 2.24) is 15.5 Å². The minimum Gasteiger partial charge on any atom is -0.375 e. The van der Waals surface area contributed by atoms with Crippen LogP contribution < -0.4 is 10.6 Å². The average molecular weight is 401 g/mol. The van der Waals surface area contributed by atoms with E-state index < -0.39 is 0 Å². The Balaban J connectivity index is 1.40. The van der Waals surface area contributed by atoms with Crippen LogP contribution in [0, 0.1) is 5.92 Å². The minimum atomic E-state index is 0.256. The van der Waals surface area contributed by atoms with E-state index in [1.54, 1.807) is 0 Å². The van der Waals surface area contributed by atoms with Gasteiger partial charge in [0.05, 0.1) is 19.8 Å². The number of hydrogen-bond donors (Lipinski definition) is 2. The normalized spacial score (nSPS) is 20.7. The summed E-state index contributed by atoms with van der Waals surface area (Å²) in [6.07, 6.45) is 6.81. The van der Waals surface area contributed by atoms with Gasteiger partial charge in [-0.1, -0.05) is 49.6 Å². The number of guanidine groups is 1. The first-order valence-corrected chi connectivity index (χ1v) is 11.2. The number of hydrogen-bond acceptors (Lipinski definition) is 3. The van der Waals surface area contributed by atoms with Gasteiger partial charge in [0.1, 0.15) is 0 Å². The standard InChI is InChI=1S/C23H36N4O2/c1-2-24-23(25-14-16-29-18-19-9-5-3-6-10-19)26-21-13-15-27(17-21)22(28)20-11-7-4-8-12-20/h3,5-6,9-10,20-21H,2,4,7-8,11-18H2,1H3,(H2,24,25,26). The Bertz CT molecular complexity index is 644. The number of benzene rings is 1. The summed E-state index contributed by atoms with van der Waals surface area (Å²) >= 11 is 0. The molecule has 6 heteroatoms. The van der Waals surface area contributed by atoms with Crippen molar-refractivity contribution in [2.75, 3.05) is 32.8 Å². The molecule has 0 spiro atoms. The number of rotatable bonds is 8. The molecule has 1 aromatic carbocycles. The maximum absolute atomic E-state index is 12.8. The van der Waals surface area contributed by atoms with E-state index in [0.29, 0.717) is 25.7 Å². The summed E-state index contributed by atoms with van der Waals surface area (Å²) in [5.41, 5.74) is 1.18. The fourth-order valence-corrected chi connectivity index (χ4v) is 4.19. The van der Waals surface area contributed by atoms with Gasteiger partial charge < -0.3 is 20.3 Å². The predicted molar refractivity (Wildman–Crippen MR) is 117 cm³/mol. The van der Waals surface area contributed by atoms with Crippen molar-refractivity contribution in [3.05, 3.63) is 35.9 Å². The number of amides is 1. The third-order valence-corrected chi connectivity index (χ3v) is 5.76. The molecule has 1 amide bonds. The Morgan fingerprint density at radius 3 is 2.72 bits per heavy atom. The van der Waals surface area contributed by atoms with E-state index in [2.05, 4.69) is 39.6 Å². The van der Waals surface area contributed by atoms with Gasteiger partial charge in [-0.3, -0.25) is 9.79 Å². The van der Waals surface area contributed by atoms with Gasteiger partial charge in [0, 0.05) is 31.6 Å². The van der Waals surface area contributed by atoms with Gasteiger partial charge in [0.15, 0.2) is 5.96 Å². The molecule has 1 aliphatic carbocycles. The molecule has 1 atom stereocenters. The van der Waals surface area contributed by atoms with Gasteiger partial charge in [0.25, 0.3) is 0 Å². The summed E-state index contributed by atoms with van der Waals surface area (Å²) in [6, 6.07) is 10.5. The Hall–Kier alpha value is -2.08. The molecule has 2 aliphatic rings. The van der Waals surface area contributed by atoms with Crippen LogP contribution in [0.1, 0.15) is 51.0 Å². The van der Waals surface area contributed by atoms with Crippen LogP contribution in [0.25, 0.3) is 0 Å². The van der Waals surface area contributed by atoms with E-state index in [4.69, 9.17) is 4.74 Å². The third-order valence-electron chi connectivity index (χ3n) is 5.76. The zero-order valence-electron chi connectivity index (χ0n) is 17.7. The van der Waals surface area contributed by atoms with E-state index in [9.17, 15) is 4.79 Å². The molecule has 1 unspecified atom stereocenters. The number of aliphatic imine (C=N–C) groups is 1. The van der Waals surface area contributed by atoms with E-state index in [1.807, 2.05) is 18.2 Å². The largest absolute Gasteiger partial charge is 0.375 e. The first kappa shape index (κ1) is 21.6. The molecular formula is C23H36N4O2. The maximum Gasteiger partial charge on any atom is 0.225 e. The van der Waals surface area contributed by atoms with Crippen molar-refractivity contribution in [3.63, 3.8) is 0 Å². The first-order chi connectivity index (χ1) is 14.3. The first-order valence-electron chi connectivity index (χ1n) is 11.2. The number of nitrogens with one attached hydrogen (secondary N) is 2. The van der Waals surface area contributed by atoms with Crippen LogP contribution in [0.15, 0.2) is 35.3 Å². The zero-order chi connectivity index (χ0) is 20.3. The molecule has 2 N–H and O–H groups in total. The smallest absolute Gasteiger partial charge is 0.225 e. The Kier molecular flexibility index (Phi) is 8.81. The quantitative estimate of drug-likeness (QED) is 0.400. The van der Waals surface area contributed by atoms with Crippen LogP contribution in [-0.4, -0.2) is 55.6 Å². The van der Waals surface area contributed by atoms with Crippen molar-refractivity contribution < 1.29 is 9.53 Å². The molecule has 1 aliphatic heterocycles. The number of carbonyl (C=O) groups excluding carboxylic acids is 1. The van der Waals surface area contributed by atoms with Crippen LogP contribution in [0.5, 0.6) is 0 Å². The van der Waals surface area contributed by atoms with E-state index >= 15 is 0 Å². The van der Waals surface area contributed by atoms with Crippen molar-refractivity contribution >= 4 is 11.9 Å². The second-order valence-corrected chi connectivity index (χ2v) is 8.05. The number of ether oxygens (including phenoxy) is 1. The van der Waals surface area contributed by atoms with Gasteiger partial charge in [-0.05, 0) is 31.7 Å².